The third-order valence-corrected chi connectivity index (χ3v) is 7.79. The van der Waals surface area contributed by atoms with Crippen LogP contribution in [0.25, 0.3) is 10.9 Å². The van der Waals surface area contributed by atoms with E-state index in [1.807, 2.05) is 49.4 Å². The van der Waals surface area contributed by atoms with Gasteiger partial charge in [-0.25, -0.2) is 0 Å². The van der Waals surface area contributed by atoms with Crippen molar-refractivity contribution in [2.24, 2.45) is 0 Å². The van der Waals surface area contributed by atoms with Gasteiger partial charge in [0, 0.05) is 41.5 Å². The molecule has 2 saturated heterocycles. The van der Waals surface area contributed by atoms with E-state index < -0.39 is 5.54 Å². The minimum Gasteiger partial charge on any atom is -0.376 e. The third-order valence-electron chi connectivity index (χ3n) is 7.54. The standard InChI is InChI=1S/C26H26ClN3O3/c1-26-24-23(19-6-2-3-7-21(19)28-24)20(16-8-10-17(27)11-9-16)14-30(26)22(31)15-29(25(26)32)13-18-5-4-12-33-18/h2-3,6-11,18,20,28H,4-5,12-15H2,1H3. The third kappa shape index (κ3) is 3.11. The Morgan fingerprint density at radius 1 is 1.15 bits per heavy atom. The van der Waals surface area contributed by atoms with Crippen LogP contribution < -0.4 is 0 Å². The Morgan fingerprint density at radius 3 is 2.70 bits per heavy atom. The van der Waals surface area contributed by atoms with Crippen molar-refractivity contribution in [3.05, 3.63) is 70.4 Å². The molecule has 3 aliphatic heterocycles. The summed E-state index contributed by atoms with van der Waals surface area (Å²) in [5, 5.41) is 1.76. The lowest BCUT2D eigenvalue weighted by atomic mass is 9.76. The van der Waals surface area contributed by atoms with Crippen LogP contribution in [-0.4, -0.2) is 58.9 Å². The molecule has 3 atom stereocenters. The van der Waals surface area contributed by atoms with Crippen LogP contribution >= 0.6 is 11.6 Å². The first kappa shape index (κ1) is 20.8. The number of aromatic amines is 1. The molecule has 3 aromatic rings. The lowest BCUT2D eigenvalue weighted by molar-refractivity contribution is -0.167. The molecule has 1 aromatic heterocycles. The fourth-order valence-corrected chi connectivity index (χ4v) is 5.98. The van der Waals surface area contributed by atoms with Crippen molar-refractivity contribution < 1.29 is 14.3 Å². The van der Waals surface area contributed by atoms with Crippen molar-refractivity contribution in [2.75, 3.05) is 26.2 Å². The molecule has 7 heteroatoms. The maximum atomic E-state index is 14.0. The second-order valence-corrected chi connectivity index (χ2v) is 9.90. The van der Waals surface area contributed by atoms with Gasteiger partial charge in [-0.05, 0) is 49.1 Å². The van der Waals surface area contributed by atoms with E-state index >= 15 is 0 Å². The molecule has 0 radical (unpaired) electrons. The highest BCUT2D eigenvalue weighted by atomic mass is 35.5. The van der Waals surface area contributed by atoms with Crippen LogP contribution in [0.4, 0.5) is 0 Å². The van der Waals surface area contributed by atoms with E-state index in [9.17, 15) is 9.59 Å². The Kier molecular flexibility index (Phi) is 4.78. The quantitative estimate of drug-likeness (QED) is 0.637. The second-order valence-electron chi connectivity index (χ2n) is 9.46. The zero-order valence-corrected chi connectivity index (χ0v) is 19.3. The monoisotopic (exact) mass is 463 g/mol. The van der Waals surface area contributed by atoms with Crippen LogP contribution in [0.1, 0.15) is 42.5 Å². The number of fused-ring (bicyclic) bond motifs is 5. The summed E-state index contributed by atoms with van der Waals surface area (Å²) in [6.07, 6.45) is 1.93. The second kappa shape index (κ2) is 7.61. The molecule has 1 N–H and O–H groups in total. The van der Waals surface area contributed by atoms with Gasteiger partial charge in [-0.1, -0.05) is 41.9 Å². The van der Waals surface area contributed by atoms with Crippen molar-refractivity contribution in [1.29, 1.82) is 0 Å². The predicted octanol–water partition coefficient (Wildman–Crippen LogP) is 4.03. The summed E-state index contributed by atoms with van der Waals surface area (Å²) < 4.78 is 5.77. The van der Waals surface area contributed by atoms with Gasteiger partial charge in [-0.3, -0.25) is 9.59 Å². The number of para-hydroxylation sites is 1. The lowest BCUT2D eigenvalue weighted by Crippen LogP contribution is -2.68. The highest BCUT2D eigenvalue weighted by Crippen LogP contribution is 2.48. The first-order chi connectivity index (χ1) is 16.0. The molecule has 3 unspecified atom stereocenters. The van der Waals surface area contributed by atoms with Crippen LogP contribution in [0.3, 0.4) is 0 Å². The molecule has 0 bridgehead atoms. The van der Waals surface area contributed by atoms with Crippen LogP contribution in [0.5, 0.6) is 0 Å². The summed E-state index contributed by atoms with van der Waals surface area (Å²) in [5.41, 5.74) is 2.87. The summed E-state index contributed by atoms with van der Waals surface area (Å²) in [6.45, 7) is 3.62. The molecule has 6 rings (SSSR count). The summed E-state index contributed by atoms with van der Waals surface area (Å²) in [6, 6.07) is 15.9. The van der Waals surface area contributed by atoms with E-state index in [0.717, 1.165) is 47.2 Å². The van der Waals surface area contributed by atoms with Gasteiger partial charge >= 0.3 is 0 Å². The van der Waals surface area contributed by atoms with E-state index in [1.165, 1.54) is 0 Å². The molecule has 3 aliphatic rings. The summed E-state index contributed by atoms with van der Waals surface area (Å²) >= 11 is 6.15. The summed E-state index contributed by atoms with van der Waals surface area (Å²) in [5.74, 6) is -0.124. The summed E-state index contributed by atoms with van der Waals surface area (Å²) in [4.78, 5) is 34.5. The SMILES string of the molecule is CC12C(=O)N(CC3CCCO3)CC(=O)N1CC(c1ccc(Cl)cc1)c1c2[nH]c2ccccc12. The number of rotatable bonds is 3. The average molecular weight is 464 g/mol. The minimum atomic E-state index is -1.08. The maximum Gasteiger partial charge on any atom is 0.255 e. The Morgan fingerprint density at radius 2 is 1.94 bits per heavy atom. The number of benzene rings is 2. The number of nitrogens with one attached hydrogen (secondary N) is 1. The zero-order valence-electron chi connectivity index (χ0n) is 18.5. The molecule has 2 amide bonds. The van der Waals surface area contributed by atoms with Crippen molar-refractivity contribution in [2.45, 2.75) is 37.3 Å². The predicted molar refractivity (Wildman–Crippen MR) is 126 cm³/mol. The molecule has 0 saturated carbocycles. The Labute approximate surface area is 197 Å². The Bertz CT molecular complexity index is 1250. The fraction of sp³-hybridized carbons (Fsp3) is 0.385. The van der Waals surface area contributed by atoms with Gasteiger partial charge in [0.1, 0.15) is 0 Å². The van der Waals surface area contributed by atoms with E-state index in [2.05, 4.69) is 11.1 Å². The molecule has 6 nitrogen and oxygen atoms in total. The van der Waals surface area contributed by atoms with Gasteiger partial charge in [0.05, 0.1) is 18.3 Å². The van der Waals surface area contributed by atoms with Crippen LogP contribution in [0, 0.1) is 0 Å². The summed E-state index contributed by atoms with van der Waals surface area (Å²) in [7, 11) is 0. The molecule has 170 valence electrons. The first-order valence-electron chi connectivity index (χ1n) is 11.5. The van der Waals surface area contributed by atoms with E-state index in [1.54, 1.807) is 9.80 Å². The number of piperazine rings is 1. The van der Waals surface area contributed by atoms with Gasteiger partial charge < -0.3 is 19.5 Å². The molecule has 33 heavy (non-hydrogen) atoms. The highest BCUT2D eigenvalue weighted by molar-refractivity contribution is 6.30. The zero-order chi connectivity index (χ0) is 22.7. The van der Waals surface area contributed by atoms with Gasteiger partial charge in [-0.2, -0.15) is 0 Å². The highest BCUT2D eigenvalue weighted by Gasteiger charge is 2.56. The maximum absolute atomic E-state index is 14.0. The number of halogens is 1. The number of aromatic nitrogens is 1. The van der Waals surface area contributed by atoms with Crippen LogP contribution in [0.15, 0.2) is 48.5 Å². The van der Waals surface area contributed by atoms with Crippen LogP contribution in [0.2, 0.25) is 5.02 Å². The smallest absolute Gasteiger partial charge is 0.255 e. The number of carbonyl (C=O) groups excluding carboxylic acids is 2. The largest absolute Gasteiger partial charge is 0.376 e. The number of hydrogen-bond acceptors (Lipinski definition) is 3. The molecular formula is C26H26ClN3O3. The lowest BCUT2D eigenvalue weighted by Gasteiger charge is -2.51. The number of carbonyl (C=O) groups is 2. The topological polar surface area (TPSA) is 65.6 Å². The van der Waals surface area contributed by atoms with Gasteiger partial charge in [0.25, 0.3) is 5.91 Å². The molecule has 2 fully saturated rings. The minimum absolute atomic E-state index is 0.00416. The average Bonchev–Trinajstić information content (AvgIpc) is 3.47. The van der Waals surface area contributed by atoms with Gasteiger partial charge in [-0.15, -0.1) is 0 Å². The van der Waals surface area contributed by atoms with Crippen molar-refractivity contribution >= 4 is 34.3 Å². The number of amides is 2. The molecule has 4 heterocycles. The molecular weight excluding hydrogens is 438 g/mol. The Hall–Kier alpha value is -2.83. The van der Waals surface area contributed by atoms with Crippen molar-refractivity contribution in [3.8, 4) is 0 Å². The normalized spacial score (nSPS) is 27.2. The number of hydrogen-bond donors (Lipinski definition) is 1. The fourth-order valence-electron chi connectivity index (χ4n) is 5.85. The van der Waals surface area contributed by atoms with Crippen molar-refractivity contribution in [1.82, 2.24) is 14.8 Å². The van der Waals surface area contributed by atoms with E-state index in [4.69, 9.17) is 16.3 Å². The number of nitrogens with zero attached hydrogens (tertiary/aromatic N) is 2. The molecule has 0 spiro atoms. The van der Waals surface area contributed by atoms with Crippen LogP contribution in [-0.2, 0) is 19.9 Å². The Balaban J connectivity index is 1.50. The number of H-pyrrole nitrogens is 1. The first-order valence-corrected chi connectivity index (χ1v) is 11.9. The van der Waals surface area contributed by atoms with E-state index in [-0.39, 0.29) is 30.4 Å². The number of ether oxygens (including phenoxy) is 1. The molecule has 0 aliphatic carbocycles. The molecule has 2 aromatic carbocycles. The van der Waals surface area contributed by atoms with E-state index in [0.29, 0.717) is 18.1 Å². The van der Waals surface area contributed by atoms with Gasteiger partial charge in [0.2, 0.25) is 5.91 Å². The van der Waals surface area contributed by atoms with Gasteiger partial charge in [0.15, 0.2) is 5.54 Å². The van der Waals surface area contributed by atoms with Crippen molar-refractivity contribution in [3.63, 3.8) is 0 Å².